The Morgan fingerprint density at radius 1 is 1.41 bits per heavy atom. The Labute approximate surface area is 130 Å². The molecule has 1 fully saturated rings. The van der Waals surface area contributed by atoms with E-state index in [-0.39, 0.29) is 25.0 Å². The van der Waals surface area contributed by atoms with Gasteiger partial charge in [0, 0.05) is 19.1 Å². The highest BCUT2D eigenvalue weighted by Gasteiger charge is 2.29. The van der Waals surface area contributed by atoms with Crippen LogP contribution in [0, 0.1) is 0 Å². The van der Waals surface area contributed by atoms with Crippen LogP contribution in [-0.2, 0) is 11.2 Å². The number of urea groups is 1. The van der Waals surface area contributed by atoms with Gasteiger partial charge < -0.3 is 20.1 Å². The number of hydrogen-bond acceptors (Lipinski definition) is 3. The number of aliphatic carboxylic acids is 1. The lowest BCUT2D eigenvalue weighted by Crippen LogP contribution is -2.44. The van der Waals surface area contributed by atoms with Crippen LogP contribution < -0.4 is 10.1 Å². The number of carboxylic acids is 1. The first-order valence-corrected chi connectivity index (χ1v) is 7.50. The predicted molar refractivity (Wildman–Crippen MR) is 82.1 cm³/mol. The number of para-hydroxylation sites is 1. The second-order valence-electron chi connectivity index (χ2n) is 5.38. The molecule has 0 radical (unpaired) electrons. The fourth-order valence-corrected chi connectivity index (χ4v) is 2.82. The molecule has 0 aliphatic carbocycles. The summed E-state index contributed by atoms with van der Waals surface area (Å²) in [6.45, 7) is 0.866. The van der Waals surface area contributed by atoms with Crippen LogP contribution in [0.25, 0.3) is 0 Å². The third kappa shape index (κ3) is 4.13. The van der Waals surface area contributed by atoms with Crippen molar-refractivity contribution in [3.8, 4) is 5.75 Å². The van der Waals surface area contributed by atoms with Gasteiger partial charge in [-0.2, -0.15) is 0 Å². The monoisotopic (exact) mass is 306 g/mol. The zero-order valence-electron chi connectivity index (χ0n) is 12.7. The second-order valence-corrected chi connectivity index (χ2v) is 5.38. The van der Waals surface area contributed by atoms with Gasteiger partial charge in [0.15, 0.2) is 0 Å². The van der Waals surface area contributed by atoms with Crippen LogP contribution in [0.4, 0.5) is 4.79 Å². The van der Waals surface area contributed by atoms with Gasteiger partial charge in [-0.05, 0) is 30.9 Å². The van der Waals surface area contributed by atoms with Crippen molar-refractivity contribution in [2.75, 3.05) is 20.2 Å². The molecule has 0 spiro atoms. The SMILES string of the molecule is COc1ccccc1CC1CCCN1C(=O)NCCC(=O)O. The molecule has 1 saturated heterocycles. The fraction of sp³-hybridized carbons (Fsp3) is 0.500. The van der Waals surface area contributed by atoms with Crippen molar-refractivity contribution < 1.29 is 19.4 Å². The summed E-state index contributed by atoms with van der Waals surface area (Å²) in [4.78, 5) is 24.5. The van der Waals surface area contributed by atoms with E-state index in [2.05, 4.69) is 5.32 Å². The lowest BCUT2D eigenvalue weighted by atomic mass is 10.0. The molecule has 0 aromatic heterocycles. The maximum Gasteiger partial charge on any atom is 0.317 e. The van der Waals surface area contributed by atoms with Crippen molar-refractivity contribution >= 4 is 12.0 Å². The molecule has 6 nitrogen and oxygen atoms in total. The minimum absolute atomic E-state index is 0.0588. The summed E-state index contributed by atoms with van der Waals surface area (Å²) in [6, 6.07) is 7.76. The topological polar surface area (TPSA) is 78.9 Å². The number of amides is 2. The van der Waals surface area contributed by atoms with Crippen LogP contribution >= 0.6 is 0 Å². The first-order valence-electron chi connectivity index (χ1n) is 7.50. The van der Waals surface area contributed by atoms with Crippen molar-refractivity contribution in [3.05, 3.63) is 29.8 Å². The average Bonchev–Trinajstić information content (AvgIpc) is 2.95. The fourth-order valence-electron chi connectivity index (χ4n) is 2.82. The molecule has 1 atom stereocenters. The van der Waals surface area contributed by atoms with E-state index >= 15 is 0 Å². The van der Waals surface area contributed by atoms with E-state index in [0.29, 0.717) is 6.54 Å². The molecule has 0 saturated carbocycles. The Hall–Kier alpha value is -2.24. The number of carbonyl (C=O) groups is 2. The van der Waals surface area contributed by atoms with Crippen LogP contribution in [0.3, 0.4) is 0 Å². The highest BCUT2D eigenvalue weighted by Crippen LogP contribution is 2.25. The quantitative estimate of drug-likeness (QED) is 0.841. The van der Waals surface area contributed by atoms with Gasteiger partial charge in [0.1, 0.15) is 5.75 Å². The molecule has 120 valence electrons. The number of rotatable bonds is 6. The molecule has 22 heavy (non-hydrogen) atoms. The lowest BCUT2D eigenvalue weighted by Gasteiger charge is -2.25. The van der Waals surface area contributed by atoms with E-state index in [4.69, 9.17) is 9.84 Å². The third-order valence-electron chi connectivity index (χ3n) is 3.90. The van der Waals surface area contributed by atoms with Gasteiger partial charge in [-0.3, -0.25) is 4.79 Å². The Bertz CT molecular complexity index is 533. The number of nitrogens with one attached hydrogen (secondary N) is 1. The normalized spacial score (nSPS) is 17.3. The van der Waals surface area contributed by atoms with E-state index in [0.717, 1.165) is 30.6 Å². The van der Waals surface area contributed by atoms with E-state index in [1.807, 2.05) is 24.3 Å². The molecule has 0 bridgehead atoms. The number of carbonyl (C=O) groups excluding carboxylic acids is 1. The molecule has 1 aliphatic heterocycles. The van der Waals surface area contributed by atoms with Crippen molar-refractivity contribution in [1.82, 2.24) is 10.2 Å². The van der Waals surface area contributed by atoms with E-state index < -0.39 is 5.97 Å². The van der Waals surface area contributed by atoms with Gasteiger partial charge in [0.25, 0.3) is 0 Å². The summed E-state index contributed by atoms with van der Waals surface area (Å²) in [5, 5.41) is 11.3. The maximum atomic E-state index is 12.2. The maximum absolute atomic E-state index is 12.2. The Morgan fingerprint density at radius 3 is 2.91 bits per heavy atom. The lowest BCUT2D eigenvalue weighted by molar-refractivity contribution is -0.136. The smallest absolute Gasteiger partial charge is 0.317 e. The number of likely N-dealkylation sites (tertiary alicyclic amines) is 1. The average molecular weight is 306 g/mol. The molecular weight excluding hydrogens is 284 g/mol. The molecular formula is C16H22N2O4. The highest BCUT2D eigenvalue weighted by atomic mass is 16.5. The minimum Gasteiger partial charge on any atom is -0.496 e. The van der Waals surface area contributed by atoms with Crippen molar-refractivity contribution in [2.24, 2.45) is 0 Å². The number of hydrogen-bond donors (Lipinski definition) is 2. The van der Waals surface area contributed by atoms with Gasteiger partial charge in [0.2, 0.25) is 0 Å². The van der Waals surface area contributed by atoms with Crippen LogP contribution in [0.5, 0.6) is 5.75 Å². The second kappa shape index (κ2) is 7.68. The number of carboxylic acid groups (broad SMARTS) is 1. The zero-order valence-corrected chi connectivity index (χ0v) is 12.7. The first kappa shape index (κ1) is 16.1. The molecule has 2 rings (SSSR count). The van der Waals surface area contributed by atoms with E-state index in [1.54, 1.807) is 12.0 Å². The molecule has 1 heterocycles. The van der Waals surface area contributed by atoms with Gasteiger partial charge in [-0.15, -0.1) is 0 Å². The Morgan fingerprint density at radius 2 is 2.18 bits per heavy atom. The van der Waals surface area contributed by atoms with Crippen molar-refractivity contribution in [1.29, 1.82) is 0 Å². The molecule has 1 unspecified atom stereocenters. The number of methoxy groups -OCH3 is 1. The van der Waals surface area contributed by atoms with Crippen LogP contribution in [-0.4, -0.2) is 48.2 Å². The summed E-state index contributed by atoms with van der Waals surface area (Å²) in [5.74, 6) is -0.0760. The molecule has 2 N–H and O–H groups in total. The largest absolute Gasteiger partial charge is 0.496 e. The van der Waals surface area contributed by atoms with Crippen molar-refractivity contribution in [3.63, 3.8) is 0 Å². The summed E-state index contributed by atoms with van der Waals surface area (Å²) in [5.41, 5.74) is 1.08. The summed E-state index contributed by atoms with van der Waals surface area (Å²) < 4.78 is 5.36. The van der Waals surface area contributed by atoms with Crippen molar-refractivity contribution in [2.45, 2.75) is 31.7 Å². The third-order valence-corrected chi connectivity index (χ3v) is 3.90. The number of nitrogens with zero attached hydrogens (tertiary/aromatic N) is 1. The van der Waals surface area contributed by atoms with Gasteiger partial charge in [-0.1, -0.05) is 18.2 Å². The molecule has 1 aliphatic rings. The Kier molecular flexibility index (Phi) is 5.63. The van der Waals surface area contributed by atoms with E-state index in [1.165, 1.54) is 0 Å². The Balaban J connectivity index is 1.95. The minimum atomic E-state index is -0.910. The standard InChI is InChI=1S/C16H22N2O4/c1-22-14-7-3-2-5-12(14)11-13-6-4-10-18(13)16(21)17-9-8-15(19)20/h2-3,5,7,13H,4,6,8-11H2,1H3,(H,17,21)(H,19,20). The zero-order chi connectivity index (χ0) is 15.9. The number of benzene rings is 1. The van der Waals surface area contributed by atoms with Gasteiger partial charge >= 0.3 is 12.0 Å². The van der Waals surface area contributed by atoms with Gasteiger partial charge in [-0.25, -0.2) is 4.79 Å². The summed E-state index contributed by atoms with van der Waals surface area (Å²) >= 11 is 0. The summed E-state index contributed by atoms with van der Waals surface area (Å²) in [6.07, 6.45) is 2.60. The molecule has 6 heteroatoms. The van der Waals surface area contributed by atoms with Gasteiger partial charge in [0.05, 0.1) is 13.5 Å². The molecule has 1 aromatic rings. The number of ether oxygens (including phenoxy) is 1. The highest BCUT2D eigenvalue weighted by molar-refractivity contribution is 5.76. The summed E-state index contributed by atoms with van der Waals surface area (Å²) in [7, 11) is 1.64. The van der Waals surface area contributed by atoms with Crippen LogP contribution in [0.15, 0.2) is 24.3 Å². The van der Waals surface area contributed by atoms with E-state index in [9.17, 15) is 9.59 Å². The first-order chi connectivity index (χ1) is 10.6. The molecule has 1 aromatic carbocycles. The predicted octanol–water partition coefficient (Wildman–Crippen LogP) is 1.89. The van der Waals surface area contributed by atoms with Crippen LogP contribution in [0.1, 0.15) is 24.8 Å². The molecule has 2 amide bonds. The van der Waals surface area contributed by atoms with Crippen LogP contribution in [0.2, 0.25) is 0 Å².